The Morgan fingerprint density at radius 3 is 2.45 bits per heavy atom. The highest BCUT2D eigenvalue weighted by molar-refractivity contribution is 6.39. The number of halogens is 3. The van der Waals surface area contributed by atoms with Gasteiger partial charge in [0.25, 0.3) is 5.91 Å². The first-order chi connectivity index (χ1) is 16.0. The second kappa shape index (κ2) is 8.65. The van der Waals surface area contributed by atoms with Crippen molar-refractivity contribution in [2.45, 2.75) is 19.4 Å². The average molecular weight is 481 g/mol. The van der Waals surface area contributed by atoms with E-state index in [0.29, 0.717) is 45.6 Å². The second-order valence-electron chi connectivity index (χ2n) is 7.96. The van der Waals surface area contributed by atoms with Gasteiger partial charge in [0.2, 0.25) is 0 Å². The monoisotopic (exact) mass is 480 g/mol. The van der Waals surface area contributed by atoms with Crippen LogP contribution in [0.4, 0.5) is 4.39 Å². The molecule has 7 heteroatoms. The highest BCUT2D eigenvalue weighted by atomic mass is 35.5. The van der Waals surface area contributed by atoms with Gasteiger partial charge in [-0.2, -0.15) is 0 Å². The lowest BCUT2D eigenvalue weighted by Crippen LogP contribution is -2.41. The van der Waals surface area contributed by atoms with E-state index in [9.17, 15) is 9.18 Å². The number of fused-ring (bicyclic) bond motifs is 1. The minimum absolute atomic E-state index is 0.247. The Morgan fingerprint density at radius 2 is 1.73 bits per heavy atom. The van der Waals surface area contributed by atoms with Crippen LogP contribution in [0.2, 0.25) is 10.0 Å². The van der Waals surface area contributed by atoms with Gasteiger partial charge in [-0.1, -0.05) is 70.8 Å². The van der Waals surface area contributed by atoms with Crippen molar-refractivity contribution in [2.75, 3.05) is 6.54 Å². The molecule has 5 rings (SSSR count). The summed E-state index contributed by atoms with van der Waals surface area (Å²) in [6, 6.07) is 19.0. The predicted octanol–water partition coefficient (Wildman–Crippen LogP) is 6.88. The number of nitrogens with zero attached hydrogens (tertiary/aromatic N) is 2. The van der Waals surface area contributed by atoms with Crippen LogP contribution >= 0.6 is 23.2 Å². The summed E-state index contributed by atoms with van der Waals surface area (Å²) in [7, 11) is 0. The number of aromatic nitrogens is 1. The maximum absolute atomic E-state index is 14.0. The molecule has 1 aliphatic rings. The molecule has 4 nitrogen and oxygen atoms in total. The van der Waals surface area contributed by atoms with E-state index in [-0.39, 0.29) is 17.8 Å². The predicted molar refractivity (Wildman–Crippen MR) is 126 cm³/mol. The third-order valence-electron chi connectivity index (χ3n) is 6.01. The molecule has 0 radical (unpaired) electrons. The highest BCUT2D eigenvalue weighted by Crippen LogP contribution is 2.40. The zero-order valence-electron chi connectivity index (χ0n) is 17.7. The Bertz CT molecular complexity index is 1330. The molecule has 1 amide bonds. The van der Waals surface area contributed by atoms with Crippen molar-refractivity contribution in [3.63, 3.8) is 0 Å². The number of aryl methyl sites for hydroxylation is 1. The summed E-state index contributed by atoms with van der Waals surface area (Å²) in [5.41, 5.74) is 4.07. The standard InChI is InChI=1S/C26H19Cl2FN2O2/c1-15-22(24(30-33-15)23-20(27)7-4-8-21(23)28)26(32)31-14-13-16-5-2-3-6-19(16)25(31)17-9-11-18(29)12-10-17/h2-12,25H,13-14H2,1H3. The largest absolute Gasteiger partial charge is 0.360 e. The van der Waals surface area contributed by atoms with Crippen LogP contribution in [0.15, 0.2) is 71.3 Å². The third kappa shape index (κ3) is 3.81. The van der Waals surface area contributed by atoms with E-state index in [1.54, 1.807) is 42.2 Å². The number of hydrogen-bond donors (Lipinski definition) is 0. The van der Waals surface area contributed by atoms with Gasteiger partial charge in [0.1, 0.15) is 22.8 Å². The van der Waals surface area contributed by atoms with Crippen molar-refractivity contribution >= 4 is 29.1 Å². The summed E-state index contributed by atoms with van der Waals surface area (Å²) in [6.45, 7) is 2.18. The third-order valence-corrected chi connectivity index (χ3v) is 6.64. The highest BCUT2D eigenvalue weighted by Gasteiger charge is 2.36. The van der Waals surface area contributed by atoms with Gasteiger partial charge in [-0.15, -0.1) is 0 Å². The molecular formula is C26H19Cl2FN2O2. The van der Waals surface area contributed by atoms with E-state index >= 15 is 0 Å². The van der Waals surface area contributed by atoms with Gasteiger partial charge < -0.3 is 9.42 Å². The minimum atomic E-state index is -0.382. The molecule has 1 aliphatic heterocycles. The second-order valence-corrected chi connectivity index (χ2v) is 8.77. The van der Waals surface area contributed by atoms with E-state index in [4.69, 9.17) is 27.7 Å². The fraction of sp³-hybridized carbons (Fsp3) is 0.154. The average Bonchev–Trinajstić information content (AvgIpc) is 3.19. The number of benzene rings is 3. The Kier molecular flexibility index (Phi) is 5.69. The molecule has 0 saturated heterocycles. The zero-order valence-corrected chi connectivity index (χ0v) is 19.2. The molecule has 0 spiro atoms. The minimum Gasteiger partial charge on any atom is -0.360 e. The Hall–Kier alpha value is -3.15. The summed E-state index contributed by atoms with van der Waals surface area (Å²) in [5.74, 6) is -0.197. The molecule has 3 aromatic carbocycles. The maximum atomic E-state index is 14.0. The van der Waals surface area contributed by atoms with Crippen LogP contribution in [0.25, 0.3) is 11.3 Å². The molecule has 0 N–H and O–H groups in total. The molecule has 166 valence electrons. The lowest BCUT2D eigenvalue weighted by molar-refractivity contribution is 0.0693. The molecule has 0 saturated carbocycles. The lowest BCUT2D eigenvalue weighted by Gasteiger charge is -2.38. The summed E-state index contributed by atoms with van der Waals surface area (Å²) in [6.07, 6.45) is 0.701. The van der Waals surface area contributed by atoms with Crippen molar-refractivity contribution in [2.24, 2.45) is 0 Å². The SMILES string of the molecule is Cc1onc(-c2c(Cl)cccc2Cl)c1C(=O)N1CCc2ccccc2C1c1ccc(F)cc1. The van der Waals surface area contributed by atoms with Crippen LogP contribution < -0.4 is 0 Å². The molecule has 0 aliphatic carbocycles. The van der Waals surface area contributed by atoms with Gasteiger partial charge in [-0.05, 0) is 54.3 Å². The van der Waals surface area contributed by atoms with E-state index in [2.05, 4.69) is 11.2 Å². The maximum Gasteiger partial charge on any atom is 0.260 e. The van der Waals surface area contributed by atoms with Gasteiger partial charge in [-0.25, -0.2) is 4.39 Å². The molecule has 0 bridgehead atoms. The molecule has 0 fully saturated rings. The topological polar surface area (TPSA) is 46.3 Å². The zero-order chi connectivity index (χ0) is 23.1. The smallest absolute Gasteiger partial charge is 0.260 e. The molecule has 33 heavy (non-hydrogen) atoms. The summed E-state index contributed by atoms with van der Waals surface area (Å²) in [5, 5.41) is 4.89. The Balaban J connectivity index is 1.64. The van der Waals surface area contributed by atoms with Crippen LogP contribution in [0.5, 0.6) is 0 Å². The van der Waals surface area contributed by atoms with Crippen molar-refractivity contribution in [1.82, 2.24) is 10.1 Å². The van der Waals surface area contributed by atoms with Crippen molar-refractivity contribution < 1.29 is 13.7 Å². The number of amides is 1. The summed E-state index contributed by atoms with van der Waals surface area (Å²) in [4.78, 5) is 15.8. The molecular weight excluding hydrogens is 462 g/mol. The Labute approximate surface area is 200 Å². The van der Waals surface area contributed by atoms with Crippen LogP contribution in [0.3, 0.4) is 0 Å². The molecule has 4 aromatic rings. The van der Waals surface area contributed by atoms with Gasteiger partial charge in [-0.3, -0.25) is 4.79 Å². The molecule has 2 heterocycles. The fourth-order valence-corrected chi connectivity index (χ4v) is 5.03. The molecule has 1 atom stereocenters. The van der Waals surface area contributed by atoms with Crippen LogP contribution in [0, 0.1) is 12.7 Å². The summed E-state index contributed by atoms with van der Waals surface area (Å²) >= 11 is 12.8. The Morgan fingerprint density at radius 1 is 1.03 bits per heavy atom. The van der Waals surface area contributed by atoms with E-state index in [1.165, 1.54) is 12.1 Å². The van der Waals surface area contributed by atoms with Crippen molar-refractivity contribution in [3.05, 3.63) is 111 Å². The van der Waals surface area contributed by atoms with Crippen LogP contribution in [-0.4, -0.2) is 22.5 Å². The first-order valence-corrected chi connectivity index (χ1v) is 11.3. The lowest BCUT2D eigenvalue weighted by atomic mass is 9.87. The quantitative estimate of drug-likeness (QED) is 0.320. The van der Waals surface area contributed by atoms with E-state index in [1.807, 2.05) is 18.2 Å². The first-order valence-electron chi connectivity index (χ1n) is 10.5. The fourth-order valence-electron chi connectivity index (χ4n) is 4.45. The number of carbonyl (C=O) groups excluding carboxylic acids is 1. The van der Waals surface area contributed by atoms with Crippen LogP contribution in [0.1, 0.15) is 38.9 Å². The van der Waals surface area contributed by atoms with Crippen LogP contribution in [-0.2, 0) is 6.42 Å². The van der Waals surface area contributed by atoms with E-state index in [0.717, 1.165) is 16.7 Å². The number of carbonyl (C=O) groups is 1. The molecule has 1 aromatic heterocycles. The number of hydrogen-bond acceptors (Lipinski definition) is 3. The van der Waals surface area contributed by atoms with E-state index < -0.39 is 0 Å². The number of rotatable bonds is 3. The van der Waals surface area contributed by atoms with Gasteiger partial charge >= 0.3 is 0 Å². The van der Waals surface area contributed by atoms with Gasteiger partial charge in [0.05, 0.1) is 16.1 Å². The summed E-state index contributed by atoms with van der Waals surface area (Å²) < 4.78 is 19.1. The molecule has 1 unspecified atom stereocenters. The van der Waals surface area contributed by atoms with Gasteiger partial charge in [0, 0.05) is 12.1 Å². The normalized spacial score (nSPS) is 15.4. The first kappa shape index (κ1) is 21.7. The van der Waals surface area contributed by atoms with Crippen molar-refractivity contribution in [3.8, 4) is 11.3 Å². The van der Waals surface area contributed by atoms with Crippen molar-refractivity contribution in [1.29, 1.82) is 0 Å². The van der Waals surface area contributed by atoms with Gasteiger partial charge in [0.15, 0.2) is 0 Å².